The van der Waals surface area contributed by atoms with Crippen molar-refractivity contribution in [1.29, 1.82) is 5.41 Å². The van der Waals surface area contributed by atoms with Gasteiger partial charge in [-0.25, -0.2) is 9.37 Å². The number of carbonyl (C=O) groups is 1. The van der Waals surface area contributed by atoms with Crippen molar-refractivity contribution in [3.63, 3.8) is 0 Å². The number of imidazole rings is 1. The topological polar surface area (TPSA) is 69.6 Å². The molecule has 2 aromatic rings. The Morgan fingerprint density at radius 3 is 2.41 bits per heavy atom. The summed E-state index contributed by atoms with van der Waals surface area (Å²) < 4.78 is 13.0. The molecule has 0 unspecified atom stereocenters. The zero-order chi connectivity index (χ0) is 16.3. The van der Waals surface area contributed by atoms with Gasteiger partial charge in [0, 0.05) is 5.57 Å². The van der Waals surface area contributed by atoms with E-state index in [4.69, 9.17) is 5.41 Å². The van der Waals surface area contributed by atoms with Crippen molar-refractivity contribution in [1.82, 2.24) is 9.97 Å². The Balaban J connectivity index is 2.42. The fourth-order valence-corrected chi connectivity index (χ4v) is 2.03. The zero-order valence-corrected chi connectivity index (χ0v) is 12.8. The molecule has 1 aromatic heterocycles. The molecule has 1 aromatic carbocycles. The number of hydrogen-bond acceptors (Lipinski definition) is 3. The van der Waals surface area contributed by atoms with Crippen LogP contribution in [-0.4, -0.2) is 22.0 Å². The van der Waals surface area contributed by atoms with Gasteiger partial charge in [0.05, 0.1) is 17.6 Å². The quantitative estimate of drug-likeness (QED) is 0.665. The smallest absolute Gasteiger partial charge is 0.167 e. The summed E-state index contributed by atoms with van der Waals surface area (Å²) in [7, 11) is 0. The Morgan fingerprint density at radius 1 is 1.27 bits per heavy atom. The number of benzene rings is 1. The minimum atomic E-state index is -0.335. The van der Waals surface area contributed by atoms with Crippen molar-refractivity contribution in [2.75, 3.05) is 0 Å². The molecule has 22 heavy (non-hydrogen) atoms. The first kappa shape index (κ1) is 15.8. The SMILES string of the molecule is CC(C)(C)/C(=C/C(=N)c1ccc(F)cc1)c1ncc(C=O)[nH]1. The second-order valence-corrected chi connectivity index (χ2v) is 6.03. The van der Waals surface area contributed by atoms with Crippen LogP contribution in [0.25, 0.3) is 5.57 Å². The van der Waals surface area contributed by atoms with E-state index in [9.17, 15) is 9.18 Å². The number of hydrogen-bond donors (Lipinski definition) is 2. The van der Waals surface area contributed by atoms with Gasteiger partial charge in [-0.3, -0.25) is 4.79 Å². The van der Waals surface area contributed by atoms with Gasteiger partial charge in [-0.15, -0.1) is 0 Å². The van der Waals surface area contributed by atoms with Crippen molar-refractivity contribution in [3.8, 4) is 0 Å². The molecule has 0 atom stereocenters. The predicted molar refractivity (Wildman–Crippen MR) is 84.6 cm³/mol. The summed E-state index contributed by atoms with van der Waals surface area (Å²) in [5.41, 5.74) is 1.79. The Bertz CT molecular complexity index is 721. The molecule has 2 N–H and O–H groups in total. The summed E-state index contributed by atoms with van der Waals surface area (Å²) in [6.45, 7) is 6.00. The number of carbonyl (C=O) groups excluding carboxylic acids is 1. The third-order valence-corrected chi connectivity index (χ3v) is 3.23. The lowest BCUT2D eigenvalue weighted by Gasteiger charge is -2.21. The molecule has 0 saturated heterocycles. The van der Waals surface area contributed by atoms with Gasteiger partial charge in [0.1, 0.15) is 11.6 Å². The average molecular weight is 299 g/mol. The molecule has 0 amide bonds. The lowest BCUT2D eigenvalue weighted by atomic mass is 9.84. The van der Waals surface area contributed by atoms with Crippen molar-refractivity contribution in [2.45, 2.75) is 20.8 Å². The maximum Gasteiger partial charge on any atom is 0.167 e. The first-order valence-corrected chi connectivity index (χ1v) is 6.88. The molecule has 0 radical (unpaired) electrons. The number of halogens is 1. The Labute approximate surface area is 128 Å². The van der Waals surface area contributed by atoms with Crippen LogP contribution in [0.5, 0.6) is 0 Å². The fourth-order valence-electron chi connectivity index (χ4n) is 2.03. The van der Waals surface area contributed by atoms with Crippen molar-refractivity contribution in [3.05, 3.63) is 59.4 Å². The summed E-state index contributed by atoms with van der Waals surface area (Å²) in [4.78, 5) is 17.9. The molecular formula is C17H18FN3O. The maximum atomic E-state index is 13.0. The van der Waals surface area contributed by atoms with E-state index in [1.165, 1.54) is 18.3 Å². The molecule has 0 aliphatic heterocycles. The van der Waals surface area contributed by atoms with Crippen molar-refractivity contribution >= 4 is 17.6 Å². The average Bonchev–Trinajstić information content (AvgIpc) is 2.92. The first-order chi connectivity index (χ1) is 10.3. The van der Waals surface area contributed by atoms with Gasteiger partial charge in [-0.2, -0.15) is 0 Å². The van der Waals surface area contributed by atoms with Crippen molar-refractivity contribution in [2.24, 2.45) is 5.41 Å². The highest BCUT2D eigenvalue weighted by atomic mass is 19.1. The van der Waals surface area contributed by atoms with Crippen LogP contribution in [0.2, 0.25) is 0 Å². The molecule has 0 bridgehead atoms. The second kappa shape index (κ2) is 6.05. The zero-order valence-electron chi connectivity index (χ0n) is 12.8. The molecule has 0 spiro atoms. The van der Waals surface area contributed by atoms with Crippen LogP contribution in [0.1, 0.15) is 42.6 Å². The molecule has 2 rings (SSSR count). The van der Waals surface area contributed by atoms with Gasteiger partial charge in [0.25, 0.3) is 0 Å². The summed E-state index contributed by atoms with van der Waals surface area (Å²) in [5, 5.41) is 8.20. The van der Waals surface area contributed by atoms with Gasteiger partial charge in [-0.1, -0.05) is 20.8 Å². The monoisotopic (exact) mass is 299 g/mol. The van der Waals surface area contributed by atoms with Crippen LogP contribution in [0, 0.1) is 16.6 Å². The second-order valence-electron chi connectivity index (χ2n) is 6.03. The number of allylic oxidation sites excluding steroid dienone is 2. The molecule has 5 heteroatoms. The number of aromatic nitrogens is 2. The van der Waals surface area contributed by atoms with Gasteiger partial charge in [0.2, 0.25) is 0 Å². The summed E-state index contributed by atoms with van der Waals surface area (Å²) in [6.07, 6.45) is 3.85. The highest BCUT2D eigenvalue weighted by Crippen LogP contribution is 2.32. The van der Waals surface area contributed by atoms with E-state index in [2.05, 4.69) is 9.97 Å². The fraction of sp³-hybridized carbons (Fsp3) is 0.235. The molecule has 0 fully saturated rings. The summed E-state index contributed by atoms with van der Waals surface area (Å²) >= 11 is 0. The lowest BCUT2D eigenvalue weighted by molar-refractivity contribution is 0.111. The highest BCUT2D eigenvalue weighted by molar-refractivity contribution is 6.10. The highest BCUT2D eigenvalue weighted by Gasteiger charge is 2.22. The Hall–Kier alpha value is -2.56. The molecule has 0 saturated carbocycles. The van der Waals surface area contributed by atoms with E-state index in [0.29, 0.717) is 23.4 Å². The molecule has 0 aliphatic rings. The van der Waals surface area contributed by atoms with Crippen LogP contribution < -0.4 is 0 Å². The number of rotatable bonds is 4. The lowest BCUT2D eigenvalue weighted by Crippen LogP contribution is -2.12. The van der Waals surface area contributed by atoms with Crippen LogP contribution in [-0.2, 0) is 0 Å². The Kier molecular flexibility index (Phi) is 4.35. The van der Waals surface area contributed by atoms with Crippen molar-refractivity contribution < 1.29 is 9.18 Å². The van der Waals surface area contributed by atoms with E-state index in [0.717, 1.165) is 5.57 Å². The number of aromatic amines is 1. The number of H-pyrrole nitrogens is 1. The van der Waals surface area contributed by atoms with E-state index in [-0.39, 0.29) is 16.9 Å². The largest absolute Gasteiger partial charge is 0.336 e. The van der Waals surface area contributed by atoms with E-state index >= 15 is 0 Å². The van der Waals surface area contributed by atoms with E-state index in [1.807, 2.05) is 20.8 Å². The number of nitrogens with zero attached hydrogens (tertiary/aromatic N) is 1. The summed E-state index contributed by atoms with van der Waals surface area (Å²) in [6, 6.07) is 5.78. The molecule has 4 nitrogen and oxygen atoms in total. The Morgan fingerprint density at radius 2 is 1.91 bits per heavy atom. The number of aldehydes is 1. The van der Waals surface area contributed by atoms with Crippen LogP contribution in [0.15, 0.2) is 36.5 Å². The van der Waals surface area contributed by atoms with E-state index < -0.39 is 0 Å². The van der Waals surface area contributed by atoms with Gasteiger partial charge in [-0.05, 0) is 41.3 Å². The third-order valence-electron chi connectivity index (χ3n) is 3.23. The minimum Gasteiger partial charge on any atom is -0.336 e. The molecule has 114 valence electrons. The van der Waals surface area contributed by atoms with E-state index in [1.54, 1.807) is 18.2 Å². The van der Waals surface area contributed by atoms with Gasteiger partial charge >= 0.3 is 0 Å². The van der Waals surface area contributed by atoms with Crippen LogP contribution in [0.3, 0.4) is 0 Å². The summed E-state index contributed by atoms with van der Waals surface area (Å²) in [5.74, 6) is 0.222. The molecular weight excluding hydrogens is 281 g/mol. The standard InChI is InChI=1S/C17H18FN3O/c1-17(2,3)14(16-20-9-13(10-22)21-16)8-15(19)11-4-6-12(18)7-5-11/h4-10,19H,1-3H3,(H,20,21)/b14-8+,19-15?. The van der Waals surface area contributed by atoms with Crippen LogP contribution >= 0.6 is 0 Å². The first-order valence-electron chi connectivity index (χ1n) is 6.88. The number of nitrogens with one attached hydrogen (secondary N) is 2. The van der Waals surface area contributed by atoms with Gasteiger partial charge in [0.15, 0.2) is 6.29 Å². The minimum absolute atomic E-state index is 0.258. The molecule has 0 aliphatic carbocycles. The normalized spacial score (nSPS) is 12.3. The van der Waals surface area contributed by atoms with Gasteiger partial charge < -0.3 is 10.4 Å². The predicted octanol–water partition coefficient (Wildman–Crippen LogP) is 3.86. The van der Waals surface area contributed by atoms with Crippen LogP contribution in [0.4, 0.5) is 4.39 Å². The maximum absolute atomic E-state index is 13.0. The molecule has 1 heterocycles. The third kappa shape index (κ3) is 3.55.